The summed E-state index contributed by atoms with van der Waals surface area (Å²) in [5.74, 6) is 1.65. The Labute approximate surface area is 108 Å². The second kappa shape index (κ2) is 6.61. The Balaban J connectivity index is 1.89. The third kappa shape index (κ3) is 3.37. The average molecular weight is 251 g/mol. The lowest BCUT2D eigenvalue weighted by Crippen LogP contribution is -2.27. The van der Waals surface area contributed by atoms with Crippen molar-refractivity contribution in [2.75, 3.05) is 19.8 Å². The van der Waals surface area contributed by atoms with Gasteiger partial charge in [-0.3, -0.25) is 0 Å². The first-order valence-corrected chi connectivity index (χ1v) is 6.57. The number of fused-ring (bicyclic) bond motifs is 1. The van der Waals surface area contributed by atoms with E-state index in [0.717, 1.165) is 29.9 Å². The number of para-hydroxylation sites is 1. The molecule has 2 rings (SSSR count). The molecule has 0 amide bonds. The number of nitrogens with one attached hydrogen (secondary N) is 1. The van der Waals surface area contributed by atoms with E-state index in [2.05, 4.69) is 12.2 Å². The summed E-state index contributed by atoms with van der Waals surface area (Å²) in [7, 11) is 0. The lowest BCUT2D eigenvalue weighted by molar-refractivity contribution is 0.158. The Morgan fingerprint density at radius 3 is 3.00 bits per heavy atom. The fourth-order valence-corrected chi connectivity index (χ4v) is 2.08. The van der Waals surface area contributed by atoms with Gasteiger partial charge in [0, 0.05) is 18.7 Å². The molecule has 1 heterocycles. The highest BCUT2D eigenvalue weighted by atomic mass is 16.6. The van der Waals surface area contributed by atoms with Gasteiger partial charge in [0.15, 0.2) is 11.5 Å². The number of aliphatic hydroxyl groups excluding tert-OH is 1. The first-order chi connectivity index (χ1) is 8.81. The number of benzene rings is 1. The van der Waals surface area contributed by atoms with E-state index in [9.17, 15) is 5.11 Å². The lowest BCUT2D eigenvalue weighted by Gasteiger charge is -2.21. The molecule has 0 aromatic heterocycles. The lowest BCUT2D eigenvalue weighted by atomic mass is 10.1. The van der Waals surface area contributed by atoms with Gasteiger partial charge in [0.2, 0.25) is 0 Å². The Morgan fingerprint density at radius 1 is 1.33 bits per heavy atom. The standard InChI is InChI=1S/C14H21NO3/c1-2-4-12(16)10-15-9-11-5-3-6-13-14(11)18-8-7-17-13/h3,5-6,12,15-16H,2,4,7-10H2,1H3. The normalized spacial score (nSPS) is 15.4. The summed E-state index contributed by atoms with van der Waals surface area (Å²) in [4.78, 5) is 0. The second-order valence-corrected chi connectivity index (χ2v) is 4.51. The molecule has 2 N–H and O–H groups in total. The van der Waals surface area contributed by atoms with Gasteiger partial charge in [-0.2, -0.15) is 0 Å². The topological polar surface area (TPSA) is 50.7 Å². The Morgan fingerprint density at radius 2 is 2.17 bits per heavy atom. The molecule has 1 aromatic carbocycles. The van der Waals surface area contributed by atoms with Gasteiger partial charge in [-0.25, -0.2) is 0 Å². The maximum Gasteiger partial charge on any atom is 0.165 e. The molecule has 0 saturated carbocycles. The molecule has 1 aliphatic heterocycles. The maximum atomic E-state index is 9.65. The molecule has 4 heteroatoms. The zero-order valence-corrected chi connectivity index (χ0v) is 10.8. The minimum absolute atomic E-state index is 0.272. The number of hydrogen-bond donors (Lipinski definition) is 2. The highest BCUT2D eigenvalue weighted by molar-refractivity contribution is 5.47. The van der Waals surface area contributed by atoms with E-state index < -0.39 is 0 Å². The summed E-state index contributed by atoms with van der Waals surface area (Å²) in [5, 5.41) is 12.9. The van der Waals surface area contributed by atoms with Gasteiger partial charge in [0.1, 0.15) is 13.2 Å². The first-order valence-electron chi connectivity index (χ1n) is 6.57. The van der Waals surface area contributed by atoms with Crippen LogP contribution in [-0.2, 0) is 6.54 Å². The second-order valence-electron chi connectivity index (χ2n) is 4.51. The molecule has 0 fully saturated rings. The molecule has 0 aliphatic carbocycles. The fraction of sp³-hybridized carbons (Fsp3) is 0.571. The third-order valence-electron chi connectivity index (χ3n) is 2.97. The van der Waals surface area contributed by atoms with Crippen LogP contribution in [-0.4, -0.2) is 31.0 Å². The number of aliphatic hydroxyl groups is 1. The molecule has 100 valence electrons. The van der Waals surface area contributed by atoms with Gasteiger partial charge in [0.25, 0.3) is 0 Å². The van der Waals surface area contributed by atoms with Crippen LogP contribution in [0.25, 0.3) is 0 Å². The molecule has 0 radical (unpaired) electrons. The van der Waals surface area contributed by atoms with Crippen molar-refractivity contribution >= 4 is 0 Å². The van der Waals surface area contributed by atoms with Crippen molar-refractivity contribution in [3.8, 4) is 11.5 Å². The van der Waals surface area contributed by atoms with E-state index in [-0.39, 0.29) is 6.10 Å². The van der Waals surface area contributed by atoms with E-state index in [4.69, 9.17) is 9.47 Å². The van der Waals surface area contributed by atoms with Crippen LogP contribution in [0.5, 0.6) is 11.5 Å². The number of ether oxygens (including phenoxy) is 2. The average Bonchev–Trinajstić information content (AvgIpc) is 2.39. The molecule has 0 spiro atoms. The monoisotopic (exact) mass is 251 g/mol. The Bertz CT molecular complexity index is 381. The minimum atomic E-state index is -0.272. The van der Waals surface area contributed by atoms with E-state index in [0.29, 0.717) is 26.3 Å². The van der Waals surface area contributed by atoms with Crippen LogP contribution in [0.4, 0.5) is 0 Å². The zero-order chi connectivity index (χ0) is 12.8. The van der Waals surface area contributed by atoms with Gasteiger partial charge < -0.3 is 19.9 Å². The van der Waals surface area contributed by atoms with Crippen LogP contribution in [0.2, 0.25) is 0 Å². The van der Waals surface area contributed by atoms with Crippen molar-refractivity contribution in [2.24, 2.45) is 0 Å². The van der Waals surface area contributed by atoms with Crippen molar-refractivity contribution in [3.63, 3.8) is 0 Å². The predicted molar refractivity (Wildman–Crippen MR) is 70.1 cm³/mol. The summed E-state index contributed by atoms with van der Waals surface area (Å²) in [6.07, 6.45) is 1.56. The Hall–Kier alpha value is -1.26. The van der Waals surface area contributed by atoms with Gasteiger partial charge in [-0.1, -0.05) is 25.5 Å². The van der Waals surface area contributed by atoms with Crippen molar-refractivity contribution in [1.29, 1.82) is 0 Å². The fourth-order valence-electron chi connectivity index (χ4n) is 2.08. The van der Waals surface area contributed by atoms with E-state index in [1.807, 2.05) is 18.2 Å². The molecule has 0 bridgehead atoms. The van der Waals surface area contributed by atoms with Gasteiger partial charge in [-0.15, -0.1) is 0 Å². The molecule has 1 aromatic rings. The summed E-state index contributed by atoms with van der Waals surface area (Å²) >= 11 is 0. The maximum absolute atomic E-state index is 9.65. The van der Waals surface area contributed by atoms with Gasteiger partial charge in [0.05, 0.1) is 6.10 Å². The summed E-state index contributed by atoms with van der Waals surface area (Å²) in [6, 6.07) is 5.91. The molecule has 1 unspecified atom stereocenters. The SMILES string of the molecule is CCCC(O)CNCc1cccc2c1OCCO2. The third-order valence-corrected chi connectivity index (χ3v) is 2.97. The zero-order valence-electron chi connectivity index (χ0n) is 10.8. The summed E-state index contributed by atoms with van der Waals surface area (Å²) in [5.41, 5.74) is 1.08. The van der Waals surface area contributed by atoms with Crippen LogP contribution in [0.1, 0.15) is 25.3 Å². The highest BCUT2D eigenvalue weighted by Gasteiger charge is 2.15. The van der Waals surface area contributed by atoms with Crippen LogP contribution in [0.15, 0.2) is 18.2 Å². The Kier molecular flexibility index (Phi) is 4.84. The summed E-state index contributed by atoms with van der Waals surface area (Å²) in [6.45, 7) is 4.58. The number of hydrogen-bond acceptors (Lipinski definition) is 4. The molecule has 1 aliphatic rings. The van der Waals surface area contributed by atoms with Gasteiger partial charge >= 0.3 is 0 Å². The van der Waals surface area contributed by atoms with Crippen LogP contribution in [0.3, 0.4) is 0 Å². The van der Waals surface area contributed by atoms with Crippen molar-refractivity contribution in [3.05, 3.63) is 23.8 Å². The number of rotatable bonds is 6. The van der Waals surface area contributed by atoms with Crippen molar-refractivity contribution in [2.45, 2.75) is 32.4 Å². The van der Waals surface area contributed by atoms with E-state index >= 15 is 0 Å². The molecule has 4 nitrogen and oxygen atoms in total. The van der Waals surface area contributed by atoms with Crippen LogP contribution >= 0.6 is 0 Å². The van der Waals surface area contributed by atoms with Crippen molar-refractivity contribution < 1.29 is 14.6 Å². The van der Waals surface area contributed by atoms with E-state index in [1.165, 1.54) is 0 Å². The van der Waals surface area contributed by atoms with Crippen molar-refractivity contribution in [1.82, 2.24) is 5.32 Å². The van der Waals surface area contributed by atoms with Gasteiger partial charge in [-0.05, 0) is 12.5 Å². The van der Waals surface area contributed by atoms with Crippen LogP contribution < -0.4 is 14.8 Å². The first kappa shape index (κ1) is 13.2. The summed E-state index contributed by atoms with van der Waals surface area (Å²) < 4.78 is 11.2. The molecule has 18 heavy (non-hydrogen) atoms. The molecular formula is C14H21NO3. The largest absolute Gasteiger partial charge is 0.486 e. The quantitative estimate of drug-likeness (QED) is 0.808. The highest BCUT2D eigenvalue weighted by Crippen LogP contribution is 2.33. The van der Waals surface area contributed by atoms with E-state index in [1.54, 1.807) is 0 Å². The predicted octanol–water partition coefficient (Wildman–Crippen LogP) is 1.71. The molecule has 0 saturated heterocycles. The van der Waals surface area contributed by atoms with Crippen LogP contribution in [0, 0.1) is 0 Å². The minimum Gasteiger partial charge on any atom is -0.486 e. The molecular weight excluding hydrogens is 230 g/mol. The smallest absolute Gasteiger partial charge is 0.165 e. The molecule has 1 atom stereocenters.